The van der Waals surface area contributed by atoms with Crippen LogP contribution in [0.1, 0.15) is 23.5 Å². The first kappa shape index (κ1) is 18.6. The van der Waals surface area contributed by atoms with E-state index < -0.39 is 0 Å². The number of thiazole rings is 1. The van der Waals surface area contributed by atoms with Gasteiger partial charge >= 0.3 is 0 Å². The van der Waals surface area contributed by atoms with Gasteiger partial charge in [-0.3, -0.25) is 9.78 Å². The van der Waals surface area contributed by atoms with E-state index in [-0.39, 0.29) is 12.7 Å². The Morgan fingerprint density at radius 2 is 2.07 bits per heavy atom. The average molecular weight is 421 g/mol. The lowest BCUT2D eigenvalue weighted by Crippen LogP contribution is -2.12. The van der Waals surface area contributed by atoms with Gasteiger partial charge in [-0.1, -0.05) is 19.9 Å². The van der Waals surface area contributed by atoms with Gasteiger partial charge in [-0.05, 0) is 29.7 Å². The first-order valence-corrected chi connectivity index (χ1v) is 10.4. The van der Waals surface area contributed by atoms with E-state index in [1.807, 2.05) is 35.1 Å². The van der Waals surface area contributed by atoms with Crippen molar-refractivity contribution in [2.45, 2.75) is 20.4 Å². The summed E-state index contributed by atoms with van der Waals surface area (Å²) in [5.41, 5.74) is 4.21. The number of hydrogen-bond donors (Lipinski definition) is 1. The zero-order valence-electron chi connectivity index (χ0n) is 16.5. The zero-order valence-corrected chi connectivity index (χ0v) is 17.3. The first-order chi connectivity index (χ1) is 14.6. The Hall–Kier alpha value is -3.46. The van der Waals surface area contributed by atoms with Crippen LogP contribution < -0.4 is 14.8 Å². The molecule has 1 amide bonds. The summed E-state index contributed by atoms with van der Waals surface area (Å²) in [6, 6.07) is 7.77. The monoisotopic (exact) mass is 421 g/mol. The van der Waals surface area contributed by atoms with E-state index in [2.05, 4.69) is 34.2 Å². The number of amides is 1. The number of rotatable bonds is 5. The summed E-state index contributed by atoms with van der Waals surface area (Å²) in [5.74, 6) is 2.08. The number of benzene rings is 1. The number of nitrogens with one attached hydrogen (secondary N) is 1. The van der Waals surface area contributed by atoms with E-state index in [1.54, 1.807) is 11.7 Å². The lowest BCUT2D eigenvalue weighted by atomic mass is 10.1. The van der Waals surface area contributed by atoms with Crippen molar-refractivity contribution >= 4 is 34.1 Å². The topological polar surface area (TPSA) is 91.2 Å². The van der Waals surface area contributed by atoms with Gasteiger partial charge in [0.1, 0.15) is 4.88 Å². The van der Waals surface area contributed by atoms with E-state index in [9.17, 15) is 4.79 Å². The summed E-state index contributed by atoms with van der Waals surface area (Å²) in [6.07, 6.45) is 3.36. The molecule has 0 saturated carbocycles. The lowest BCUT2D eigenvalue weighted by Gasteiger charge is -2.06. The maximum absolute atomic E-state index is 12.6. The predicted molar refractivity (Wildman–Crippen MR) is 114 cm³/mol. The molecule has 3 aromatic heterocycles. The summed E-state index contributed by atoms with van der Waals surface area (Å²) in [5, 5.41) is 8.33. The molecule has 5 rings (SSSR count). The standard InChI is InChI=1S/C21H19N5O3S/c1-12(2)9-26-20-15(19(25-26)24-21(27)18-8-22-10-30-18)5-14(7-23-20)13-3-4-16-17(6-13)29-11-28-16/h3-8,10,12H,9,11H2,1-2H3,(H,24,25,27). The van der Waals surface area contributed by atoms with Crippen molar-refractivity contribution in [2.75, 3.05) is 12.1 Å². The molecule has 1 aliphatic rings. The first-order valence-electron chi connectivity index (χ1n) is 9.55. The second kappa shape index (κ2) is 7.42. The van der Waals surface area contributed by atoms with Gasteiger partial charge in [0.25, 0.3) is 5.91 Å². The van der Waals surface area contributed by atoms with Crippen LogP contribution in [-0.2, 0) is 6.54 Å². The van der Waals surface area contributed by atoms with Crippen molar-refractivity contribution in [1.82, 2.24) is 19.7 Å². The van der Waals surface area contributed by atoms with Crippen molar-refractivity contribution in [2.24, 2.45) is 5.92 Å². The zero-order chi connectivity index (χ0) is 20.7. The minimum atomic E-state index is -0.234. The molecule has 0 unspecified atom stereocenters. The second-order valence-electron chi connectivity index (χ2n) is 7.41. The van der Waals surface area contributed by atoms with Crippen LogP contribution >= 0.6 is 11.3 Å². The number of aromatic nitrogens is 4. The Kier molecular flexibility index (Phi) is 4.59. The highest BCUT2D eigenvalue weighted by Crippen LogP contribution is 2.37. The smallest absolute Gasteiger partial charge is 0.268 e. The molecule has 0 atom stereocenters. The van der Waals surface area contributed by atoms with E-state index in [1.165, 1.54) is 11.3 Å². The highest BCUT2D eigenvalue weighted by molar-refractivity contribution is 7.11. The fraction of sp³-hybridized carbons (Fsp3) is 0.238. The number of carbonyl (C=O) groups excluding carboxylic acids is 1. The maximum Gasteiger partial charge on any atom is 0.268 e. The molecular weight excluding hydrogens is 402 g/mol. The molecule has 0 bridgehead atoms. The highest BCUT2D eigenvalue weighted by atomic mass is 32.1. The Morgan fingerprint density at radius 3 is 2.87 bits per heavy atom. The fourth-order valence-electron chi connectivity index (χ4n) is 3.36. The fourth-order valence-corrected chi connectivity index (χ4v) is 3.87. The van der Waals surface area contributed by atoms with E-state index in [0.29, 0.717) is 28.9 Å². The minimum Gasteiger partial charge on any atom is -0.454 e. The third-order valence-electron chi connectivity index (χ3n) is 4.72. The van der Waals surface area contributed by atoms with Crippen LogP contribution in [0.25, 0.3) is 22.2 Å². The SMILES string of the molecule is CC(C)Cn1nc(NC(=O)c2cncs2)c2cc(-c3ccc4c(c3)OCO4)cnc21. The Morgan fingerprint density at radius 1 is 1.20 bits per heavy atom. The van der Waals surface area contributed by atoms with Crippen molar-refractivity contribution in [1.29, 1.82) is 0 Å². The van der Waals surface area contributed by atoms with Crippen LogP contribution in [0.2, 0.25) is 0 Å². The quantitative estimate of drug-likeness (QED) is 0.520. The van der Waals surface area contributed by atoms with Gasteiger partial charge < -0.3 is 14.8 Å². The number of fused-ring (bicyclic) bond motifs is 2. The molecule has 0 saturated heterocycles. The Balaban J connectivity index is 1.57. The largest absolute Gasteiger partial charge is 0.454 e. The van der Waals surface area contributed by atoms with Crippen LogP contribution in [0.5, 0.6) is 11.5 Å². The number of anilines is 1. The molecular formula is C21H19N5O3S. The van der Waals surface area contributed by atoms with Gasteiger partial charge in [-0.25, -0.2) is 9.67 Å². The Bertz CT molecular complexity index is 1230. The van der Waals surface area contributed by atoms with Gasteiger partial charge in [-0.2, -0.15) is 5.10 Å². The Labute approximate surface area is 176 Å². The third-order valence-corrected chi connectivity index (χ3v) is 5.49. The number of pyridine rings is 1. The van der Waals surface area contributed by atoms with E-state index in [0.717, 1.165) is 27.9 Å². The van der Waals surface area contributed by atoms with Crippen LogP contribution in [0.3, 0.4) is 0 Å². The van der Waals surface area contributed by atoms with Crippen LogP contribution in [-0.4, -0.2) is 32.4 Å². The molecule has 4 aromatic rings. The summed E-state index contributed by atoms with van der Waals surface area (Å²) < 4.78 is 12.7. The van der Waals surface area contributed by atoms with Crippen LogP contribution in [0.4, 0.5) is 5.82 Å². The molecule has 9 heteroatoms. The molecule has 1 N–H and O–H groups in total. The van der Waals surface area contributed by atoms with Gasteiger partial charge in [-0.15, -0.1) is 11.3 Å². The number of carbonyl (C=O) groups is 1. The summed E-state index contributed by atoms with van der Waals surface area (Å²) in [4.78, 5) is 21.8. The van der Waals surface area contributed by atoms with Crippen LogP contribution in [0.15, 0.2) is 42.2 Å². The molecule has 0 radical (unpaired) electrons. The van der Waals surface area contributed by atoms with Gasteiger partial charge in [0.2, 0.25) is 6.79 Å². The summed E-state index contributed by atoms with van der Waals surface area (Å²) in [6.45, 7) is 5.16. The van der Waals surface area contributed by atoms with Crippen molar-refractivity contribution < 1.29 is 14.3 Å². The molecule has 1 aliphatic heterocycles. The summed E-state index contributed by atoms with van der Waals surface area (Å²) >= 11 is 1.29. The van der Waals surface area contributed by atoms with Gasteiger partial charge in [0.15, 0.2) is 23.0 Å². The van der Waals surface area contributed by atoms with Gasteiger partial charge in [0, 0.05) is 18.3 Å². The summed E-state index contributed by atoms with van der Waals surface area (Å²) in [7, 11) is 0. The lowest BCUT2D eigenvalue weighted by molar-refractivity contribution is 0.103. The highest BCUT2D eigenvalue weighted by Gasteiger charge is 2.19. The number of hydrogen-bond acceptors (Lipinski definition) is 7. The molecule has 0 aliphatic carbocycles. The van der Waals surface area contributed by atoms with E-state index >= 15 is 0 Å². The second-order valence-corrected chi connectivity index (χ2v) is 8.29. The average Bonchev–Trinajstić information content (AvgIpc) is 3.48. The van der Waals surface area contributed by atoms with Crippen molar-refractivity contribution in [3.8, 4) is 22.6 Å². The third kappa shape index (κ3) is 3.37. The van der Waals surface area contributed by atoms with Crippen LogP contribution in [0, 0.1) is 5.92 Å². The molecule has 1 aromatic carbocycles. The normalized spacial score (nSPS) is 12.6. The maximum atomic E-state index is 12.6. The van der Waals surface area contributed by atoms with E-state index in [4.69, 9.17) is 9.47 Å². The minimum absolute atomic E-state index is 0.228. The number of nitrogens with zero attached hydrogens (tertiary/aromatic N) is 4. The molecule has 152 valence electrons. The van der Waals surface area contributed by atoms with Crippen molar-refractivity contribution in [3.05, 3.63) is 47.0 Å². The molecule has 8 nitrogen and oxygen atoms in total. The molecule has 4 heterocycles. The molecule has 0 fully saturated rings. The van der Waals surface area contributed by atoms with Gasteiger partial charge in [0.05, 0.1) is 17.1 Å². The number of ether oxygens (including phenoxy) is 2. The molecule has 0 spiro atoms. The predicted octanol–water partition coefficient (Wildman–Crippen LogP) is 4.19. The van der Waals surface area contributed by atoms with Crippen molar-refractivity contribution in [3.63, 3.8) is 0 Å². The molecule has 30 heavy (non-hydrogen) atoms.